The predicted octanol–water partition coefficient (Wildman–Crippen LogP) is 3.21. The molecule has 2 aromatic heterocycles. The van der Waals surface area contributed by atoms with Gasteiger partial charge < -0.3 is 4.40 Å². The van der Waals surface area contributed by atoms with Crippen LogP contribution in [0.2, 0.25) is 0 Å². The topological polar surface area (TPSA) is 21.5 Å². The zero-order valence-corrected chi connectivity index (χ0v) is 9.63. The standard InChI is InChI=1S/C11H10BrNO/c1-7-6-10-9(12)4-3-5-13(10)11(7)8(2)14/h3-6H,1-2H3. The third-order valence-corrected chi connectivity index (χ3v) is 2.95. The number of pyridine rings is 1. The lowest BCUT2D eigenvalue weighted by Crippen LogP contribution is -1.99. The molecule has 0 aliphatic carbocycles. The van der Waals surface area contributed by atoms with Crippen LogP contribution < -0.4 is 0 Å². The molecule has 0 bridgehead atoms. The van der Waals surface area contributed by atoms with Gasteiger partial charge in [-0.15, -0.1) is 0 Å². The molecule has 0 saturated carbocycles. The van der Waals surface area contributed by atoms with Crippen molar-refractivity contribution >= 4 is 27.2 Å². The summed E-state index contributed by atoms with van der Waals surface area (Å²) in [5.41, 5.74) is 2.82. The minimum absolute atomic E-state index is 0.0978. The Morgan fingerprint density at radius 1 is 1.50 bits per heavy atom. The quantitative estimate of drug-likeness (QED) is 0.714. The Labute approximate surface area is 90.7 Å². The van der Waals surface area contributed by atoms with Gasteiger partial charge in [0, 0.05) is 17.6 Å². The summed E-state index contributed by atoms with van der Waals surface area (Å²) in [6, 6.07) is 5.91. The lowest BCUT2D eigenvalue weighted by Gasteiger charge is -2.00. The van der Waals surface area contributed by atoms with Crippen molar-refractivity contribution in [1.29, 1.82) is 0 Å². The normalized spacial score (nSPS) is 10.8. The first-order chi connectivity index (χ1) is 6.61. The summed E-state index contributed by atoms with van der Waals surface area (Å²) in [4.78, 5) is 11.4. The van der Waals surface area contributed by atoms with Gasteiger partial charge in [-0.25, -0.2) is 0 Å². The summed E-state index contributed by atoms with van der Waals surface area (Å²) >= 11 is 3.46. The van der Waals surface area contributed by atoms with Crippen molar-refractivity contribution in [2.45, 2.75) is 13.8 Å². The number of hydrogen-bond donors (Lipinski definition) is 0. The lowest BCUT2D eigenvalue weighted by molar-refractivity contribution is 0.101. The van der Waals surface area contributed by atoms with Gasteiger partial charge in [-0.2, -0.15) is 0 Å². The van der Waals surface area contributed by atoms with Gasteiger partial charge in [-0.3, -0.25) is 4.79 Å². The highest BCUT2D eigenvalue weighted by atomic mass is 79.9. The number of Topliss-reactive ketones (excluding diaryl/α,β-unsaturated/α-hetero) is 1. The minimum atomic E-state index is 0.0978. The largest absolute Gasteiger partial charge is 0.313 e. The van der Waals surface area contributed by atoms with Gasteiger partial charge in [0.15, 0.2) is 5.78 Å². The van der Waals surface area contributed by atoms with Crippen molar-refractivity contribution in [1.82, 2.24) is 4.40 Å². The smallest absolute Gasteiger partial charge is 0.176 e. The molecule has 0 amide bonds. The Balaban J connectivity index is 2.90. The Hall–Kier alpha value is -1.09. The van der Waals surface area contributed by atoms with E-state index in [4.69, 9.17) is 0 Å². The molecule has 2 nitrogen and oxygen atoms in total. The van der Waals surface area contributed by atoms with E-state index < -0.39 is 0 Å². The van der Waals surface area contributed by atoms with Crippen LogP contribution in [0.3, 0.4) is 0 Å². The number of carbonyl (C=O) groups is 1. The average molecular weight is 252 g/mol. The Bertz CT molecular complexity index is 513. The van der Waals surface area contributed by atoms with E-state index in [1.807, 2.05) is 35.7 Å². The lowest BCUT2D eigenvalue weighted by atomic mass is 10.2. The molecule has 3 heteroatoms. The highest BCUT2D eigenvalue weighted by Gasteiger charge is 2.11. The molecule has 0 aliphatic rings. The Morgan fingerprint density at radius 2 is 2.21 bits per heavy atom. The summed E-state index contributed by atoms with van der Waals surface area (Å²) in [5, 5.41) is 0. The SMILES string of the molecule is CC(=O)c1c(C)cc2c(Br)cccn12. The van der Waals surface area contributed by atoms with Crippen LogP contribution in [0.25, 0.3) is 5.52 Å². The average Bonchev–Trinajstić information content (AvgIpc) is 2.42. The summed E-state index contributed by atoms with van der Waals surface area (Å²) < 4.78 is 2.93. The first-order valence-corrected chi connectivity index (χ1v) is 5.17. The van der Waals surface area contributed by atoms with E-state index in [0.29, 0.717) is 0 Å². The van der Waals surface area contributed by atoms with Gasteiger partial charge >= 0.3 is 0 Å². The predicted molar refractivity (Wildman–Crippen MR) is 59.8 cm³/mol. The maximum atomic E-state index is 11.4. The van der Waals surface area contributed by atoms with Gasteiger partial charge in [0.25, 0.3) is 0 Å². The molecule has 0 saturated heterocycles. The first-order valence-electron chi connectivity index (χ1n) is 4.38. The van der Waals surface area contributed by atoms with Crippen LogP contribution in [-0.2, 0) is 0 Å². The van der Waals surface area contributed by atoms with Crippen molar-refractivity contribution in [3.63, 3.8) is 0 Å². The highest BCUT2D eigenvalue weighted by molar-refractivity contribution is 9.10. The Kier molecular flexibility index (Phi) is 2.19. The molecule has 14 heavy (non-hydrogen) atoms. The number of halogens is 1. The van der Waals surface area contributed by atoms with Crippen molar-refractivity contribution in [3.05, 3.63) is 40.1 Å². The summed E-state index contributed by atoms with van der Waals surface area (Å²) in [6.07, 6.45) is 1.91. The van der Waals surface area contributed by atoms with Crippen molar-refractivity contribution in [2.24, 2.45) is 0 Å². The second kappa shape index (κ2) is 3.24. The van der Waals surface area contributed by atoms with E-state index in [2.05, 4.69) is 15.9 Å². The van der Waals surface area contributed by atoms with Gasteiger partial charge in [-0.05, 0) is 46.6 Å². The van der Waals surface area contributed by atoms with E-state index in [9.17, 15) is 4.79 Å². The molecule has 0 aromatic carbocycles. The molecule has 2 aromatic rings. The van der Waals surface area contributed by atoms with Gasteiger partial charge in [0.2, 0.25) is 0 Å². The fraction of sp³-hybridized carbons (Fsp3) is 0.182. The number of hydrogen-bond acceptors (Lipinski definition) is 1. The van der Waals surface area contributed by atoms with E-state index in [0.717, 1.165) is 21.2 Å². The zero-order valence-electron chi connectivity index (χ0n) is 8.04. The third-order valence-electron chi connectivity index (χ3n) is 2.28. The van der Waals surface area contributed by atoms with Crippen LogP contribution in [-0.4, -0.2) is 10.2 Å². The third kappa shape index (κ3) is 1.28. The fourth-order valence-corrected chi connectivity index (χ4v) is 2.20. The number of rotatable bonds is 1. The summed E-state index contributed by atoms with van der Waals surface area (Å²) in [6.45, 7) is 3.55. The molecule has 0 unspecified atom stereocenters. The molecule has 2 rings (SSSR count). The monoisotopic (exact) mass is 251 g/mol. The van der Waals surface area contributed by atoms with Crippen LogP contribution in [0.15, 0.2) is 28.9 Å². The molecule has 0 fully saturated rings. The maximum absolute atomic E-state index is 11.4. The molecule has 0 aliphatic heterocycles. The number of aromatic nitrogens is 1. The molecule has 2 heterocycles. The van der Waals surface area contributed by atoms with Crippen molar-refractivity contribution in [3.8, 4) is 0 Å². The molecule has 0 atom stereocenters. The molecule has 0 spiro atoms. The molecule has 0 radical (unpaired) electrons. The zero-order chi connectivity index (χ0) is 10.3. The Morgan fingerprint density at radius 3 is 2.86 bits per heavy atom. The van der Waals surface area contributed by atoms with Crippen LogP contribution in [0.4, 0.5) is 0 Å². The summed E-state index contributed by atoms with van der Waals surface area (Å²) in [7, 11) is 0. The molecule has 72 valence electrons. The van der Waals surface area contributed by atoms with E-state index in [-0.39, 0.29) is 5.78 Å². The van der Waals surface area contributed by atoms with Crippen LogP contribution in [0, 0.1) is 6.92 Å². The second-order valence-electron chi connectivity index (χ2n) is 3.34. The first kappa shape index (κ1) is 9.46. The number of nitrogens with zero attached hydrogens (tertiary/aromatic N) is 1. The van der Waals surface area contributed by atoms with Crippen LogP contribution >= 0.6 is 15.9 Å². The second-order valence-corrected chi connectivity index (χ2v) is 4.20. The number of fused-ring (bicyclic) bond motifs is 1. The molecule has 0 N–H and O–H groups in total. The molecular weight excluding hydrogens is 242 g/mol. The van der Waals surface area contributed by atoms with E-state index >= 15 is 0 Å². The van der Waals surface area contributed by atoms with Crippen molar-refractivity contribution in [2.75, 3.05) is 0 Å². The fourth-order valence-electron chi connectivity index (χ4n) is 1.74. The number of aryl methyl sites for hydroxylation is 1. The van der Waals surface area contributed by atoms with Crippen molar-refractivity contribution < 1.29 is 4.79 Å². The summed E-state index contributed by atoms with van der Waals surface area (Å²) in [5.74, 6) is 0.0978. The number of carbonyl (C=O) groups excluding carboxylic acids is 1. The van der Waals surface area contributed by atoms with Gasteiger partial charge in [0.05, 0.1) is 11.2 Å². The van der Waals surface area contributed by atoms with E-state index in [1.54, 1.807) is 6.92 Å². The minimum Gasteiger partial charge on any atom is -0.313 e. The van der Waals surface area contributed by atoms with E-state index in [1.165, 1.54) is 0 Å². The van der Waals surface area contributed by atoms with Crippen LogP contribution in [0.5, 0.6) is 0 Å². The number of ketones is 1. The maximum Gasteiger partial charge on any atom is 0.176 e. The highest BCUT2D eigenvalue weighted by Crippen LogP contribution is 2.23. The molecular formula is C11H10BrNO. The van der Waals surface area contributed by atoms with Gasteiger partial charge in [-0.1, -0.05) is 0 Å². The van der Waals surface area contributed by atoms with Crippen LogP contribution in [0.1, 0.15) is 23.0 Å². The van der Waals surface area contributed by atoms with Gasteiger partial charge in [0.1, 0.15) is 0 Å².